The number of sulfonamides is 1. The number of carbonyl (C=O) groups is 1. The predicted molar refractivity (Wildman–Crippen MR) is 111 cm³/mol. The number of benzene rings is 3. The first-order valence-electron chi connectivity index (χ1n) is 8.99. The van der Waals surface area contributed by atoms with Crippen molar-refractivity contribution >= 4 is 21.6 Å². The molecule has 0 bridgehead atoms. The molecule has 150 valence electrons. The zero-order valence-electron chi connectivity index (χ0n) is 16.0. The minimum absolute atomic E-state index is 0.0238. The van der Waals surface area contributed by atoms with Crippen molar-refractivity contribution in [3.05, 3.63) is 95.8 Å². The van der Waals surface area contributed by atoms with Crippen LogP contribution >= 0.6 is 0 Å². The highest BCUT2D eigenvalue weighted by atomic mass is 32.2. The van der Waals surface area contributed by atoms with Crippen molar-refractivity contribution in [2.75, 3.05) is 11.4 Å². The topological polar surface area (TPSA) is 66.5 Å². The zero-order valence-corrected chi connectivity index (χ0v) is 16.9. The Morgan fingerprint density at radius 2 is 1.62 bits per heavy atom. The average Bonchev–Trinajstić information content (AvgIpc) is 2.74. The zero-order chi connectivity index (χ0) is 21.0. The smallest absolute Gasteiger partial charge is 0.264 e. The Morgan fingerprint density at radius 1 is 0.966 bits per heavy atom. The molecule has 0 aliphatic heterocycles. The maximum atomic E-state index is 13.1. The van der Waals surface area contributed by atoms with Crippen LogP contribution in [0.2, 0.25) is 0 Å². The van der Waals surface area contributed by atoms with Crippen molar-refractivity contribution in [1.29, 1.82) is 0 Å². The van der Waals surface area contributed by atoms with Crippen LogP contribution < -0.4 is 9.62 Å². The lowest BCUT2D eigenvalue weighted by atomic mass is 10.1. The van der Waals surface area contributed by atoms with Gasteiger partial charge < -0.3 is 5.32 Å². The minimum atomic E-state index is -3.91. The summed E-state index contributed by atoms with van der Waals surface area (Å²) in [6.45, 7) is 1.86. The number of hydrogen-bond donors (Lipinski definition) is 1. The summed E-state index contributed by atoms with van der Waals surface area (Å²) in [5.41, 5.74) is 1.50. The van der Waals surface area contributed by atoms with Gasteiger partial charge in [-0.15, -0.1) is 0 Å². The van der Waals surface area contributed by atoms with Gasteiger partial charge in [-0.2, -0.15) is 0 Å². The van der Waals surface area contributed by atoms with E-state index in [1.807, 2.05) is 37.3 Å². The summed E-state index contributed by atoms with van der Waals surface area (Å²) in [4.78, 5) is 12.6. The third-order valence-electron chi connectivity index (χ3n) is 4.59. The highest BCUT2D eigenvalue weighted by Crippen LogP contribution is 2.23. The summed E-state index contributed by atoms with van der Waals surface area (Å²) >= 11 is 0. The molecule has 0 heterocycles. The van der Waals surface area contributed by atoms with Gasteiger partial charge in [-0.05, 0) is 55.0 Å². The summed E-state index contributed by atoms with van der Waals surface area (Å²) < 4.78 is 40.1. The van der Waals surface area contributed by atoms with E-state index < -0.39 is 15.8 Å². The first-order valence-corrected chi connectivity index (χ1v) is 10.4. The number of hydrogen-bond acceptors (Lipinski definition) is 3. The molecule has 1 atom stereocenters. The minimum Gasteiger partial charge on any atom is -0.346 e. The fourth-order valence-corrected chi connectivity index (χ4v) is 4.09. The van der Waals surface area contributed by atoms with Crippen LogP contribution in [0.4, 0.5) is 10.1 Å². The molecule has 3 aromatic rings. The maximum absolute atomic E-state index is 13.1. The molecule has 0 saturated heterocycles. The van der Waals surface area contributed by atoms with Gasteiger partial charge in [0.15, 0.2) is 0 Å². The Kier molecular flexibility index (Phi) is 5.98. The van der Waals surface area contributed by atoms with Crippen molar-refractivity contribution in [1.82, 2.24) is 5.32 Å². The second kappa shape index (κ2) is 8.45. The van der Waals surface area contributed by atoms with Gasteiger partial charge in [0.05, 0.1) is 16.6 Å². The van der Waals surface area contributed by atoms with Gasteiger partial charge in [-0.25, -0.2) is 12.8 Å². The van der Waals surface area contributed by atoms with Crippen LogP contribution in [0.5, 0.6) is 0 Å². The van der Waals surface area contributed by atoms with Gasteiger partial charge in [-0.1, -0.05) is 36.4 Å². The third kappa shape index (κ3) is 4.63. The fraction of sp³-hybridized carbons (Fsp3) is 0.136. The monoisotopic (exact) mass is 412 g/mol. The Balaban J connectivity index is 1.82. The molecule has 29 heavy (non-hydrogen) atoms. The lowest BCUT2D eigenvalue weighted by Gasteiger charge is -2.20. The second-order valence-corrected chi connectivity index (χ2v) is 8.55. The molecule has 0 saturated carbocycles. The first kappa shape index (κ1) is 20.5. The summed E-state index contributed by atoms with van der Waals surface area (Å²) in [5, 5.41) is 2.87. The molecule has 3 rings (SSSR count). The van der Waals surface area contributed by atoms with Crippen molar-refractivity contribution < 1.29 is 17.6 Å². The largest absolute Gasteiger partial charge is 0.346 e. The highest BCUT2D eigenvalue weighted by molar-refractivity contribution is 7.92. The van der Waals surface area contributed by atoms with Crippen LogP contribution in [-0.4, -0.2) is 21.4 Å². The van der Waals surface area contributed by atoms with Crippen molar-refractivity contribution in [2.45, 2.75) is 17.9 Å². The van der Waals surface area contributed by atoms with Gasteiger partial charge in [0, 0.05) is 12.6 Å². The van der Waals surface area contributed by atoms with Crippen molar-refractivity contribution in [2.24, 2.45) is 0 Å². The van der Waals surface area contributed by atoms with E-state index in [1.165, 1.54) is 49.5 Å². The number of carbonyl (C=O) groups excluding carboxylic acids is 1. The van der Waals surface area contributed by atoms with Crippen LogP contribution in [0.3, 0.4) is 0 Å². The molecule has 0 unspecified atom stereocenters. The summed E-state index contributed by atoms with van der Waals surface area (Å²) in [6.07, 6.45) is 0. The van der Waals surface area contributed by atoms with E-state index in [4.69, 9.17) is 0 Å². The van der Waals surface area contributed by atoms with Gasteiger partial charge >= 0.3 is 0 Å². The van der Waals surface area contributed by atoms with E-state index in [1.54, 1.807) is 6.07 Å². The molecule has 0 aliphatic rings. The average molecular weight is 412 g/mol. The summed E-state index contributed by atoms with van der Waals surface area (Å²) in [5.74, 6) is -0.825. The van der Waals surface area contributed by atoms with E-state index in [-0.39, 0.29) is 22.4 Å². The Bertz CT molecular complexity index is 1100. The van der Waals surface area contributed by atoms with Gasteiger partial charge in [-0.3, -0.25) is 9.10 Å². The van der Waals surface area contributed by atoms with Crippen LogP contribution in [0, 0.1) is 5.82 Å². The van der Waals surface area contributed by atoms with E-state index in [0.717, 1.165) is 9.87 Å². The Morgan fingerprint density at radius 3 is 2.28 bits per heavy atom. The van der Waals surface area contributed by atoms with Gasteiger partial charge in [0.2, 0.25) is 0 Å². The molecule has 0 radical (unpaired) electrons. The van der Waals surface area contributed by atoms with Crippen LogP contribution in [0.1, 0.15) is 28.9 Å². The SMILES string of the molecule is C[C@H](NC(=O)c1cccc(S(=O)(=O)N(C)c2ccc(F)cc2)c1)c1ccccc1. The van der Waals surface area contributed by atoms with Gasteiger partial charge in [0.1, 0.15) is 5.82 Å². The molecule has 5 nitrogen and oxygen atoms in total. The molecule has 1 N–H and O–H groups in total. The van der Waals surface area contributed by atoms with E-state index in [2.05, 4.69) is 5.32 Å². The number of rotatable bonds is 6. The number of halogens is 1. The maximum Gasteiger partial charge on any atom is 0.264 e. The lowest BCUT2D eigenvalue weighted by Crippen LogP contribution is -2.28. The number of amides is 1. The molecule has 7 heteroatoms. The van der Waals surface area contributed by atoms with Crippen molar-refractivity contribution in [3.63, 3.8) is 0 Å². The molecular weight excluding hydrogens is 391 g/mol. The number of nitrogens with one attached hydrogen (secondary N) is 1. The lowest BCUT2D eigenvalue weighted by molar-refractivity contribution is 0.0939. The summed E-state index contributed by atoms with van der Waals surface area (Å²) in [7, 11) is -2.53. The third-order valence-corrected chi connectivity index (χ3v) is 6.37. The Hall–Kier alpha value is -3.19. The van der Waals surface area contributed by atoms with Crippen LogP contribution in [0.15, 0.2) is 83.8 Å². The van der Waals surface area contributed by atoms with Gasteiger partial charge in [0.25, 0.3) is 15.9 Å². The fourth-order valence-electron chi connectivity index (χ4n) is 2.85. The van der Waals surface area contributed by atoms with Crippen molar-refractivity contribution in [3.8, 4) is 0 Å². The standard InChI is InChI=1S/C22H21FN2O3S/c1-16(17-7-4-3-5-8-17)24-22(26)18-9-6-10-21(15-18)29(27,28)25(2)20-13-11-19(23)12-14-20/h3-16H,1-2H3,(H,24,26)/t16-/m0/s1. The molecule has 0 spiro atoms. The Labute approximate surface area is 169 Å². The second-order valence-electron chi connectivity index (χ2n) is 6.58. The highest BCUT2D eigenvalue weighted by Gasteiger charge is 2.23. The quantitative estimate of drug-likeness (QED) is 0.662. The van der Waals surface area contributed by atoms with E-state index in [0.29, 0.717) is 5.69 Å². The molecular formula is C22H21FN2O3S. The predicted octanol–water partition coefficient (Wildman–Crippen LogP) is 4.14. The first-order chi connectivity index (χ1) is 13.8. The molecule has 0 fully saturated rings. The molecule has 0 aromatic heterocycles. The number of anilines is 1. The van der Waals surface area contributed by atoms with Crippen LogP contribution in [-0.2, 0) is 10.0 Å². The molecule has 1 amide bonds. The summed E-state index contributed by atoms with van der Waals surface area (Å²) in [6, 6.07) is 20.2. The normalized spacial score (nSPS) is 12.2. The van der Waals surface area contributed by atoms with E-state index >= 15 is 0 Å². The van der Waals surface area contributed by atoms with E-state index in [9.17, 15) is 17.6 Å². The molecule has 3 aromatic carbocycles. The van der Waals surface area contributed by atoms with Crippen LogP contribution in [0.25, 0.3) is 0 Å². The number of nitrogens with zero attached hydrogens (tertiary/aromatic N) is 1. The molecule has 0 aliphatic carbocycles.